The smallest absolute Gasteiger partial charge is 0.219 e. The van der Waals surface area contributed by atoms with Gasteiger partial charge in [-0.05, 0) is 44.1 Å². The van der Waals surface area contributed by atoms with Crippen LogP contribution in [-0.4, -0.2) is 16.7 Å². The van der Waals surface area contributed by atoms with E-state index in [1.165, 1.54) is 25.7 Å². The van der Waals surface area contributed by atoms with E-state index in [1.807, 2.05) is 0 Å². The van der Waals surface area contributed by atoms with Gasteiger partial charge in [-0.2, -0.15) is 0 Å². The summed E-state index contributed by atoms with van der Waals surface area (Å²) in [6, 6.07) is 0. The van der Waals surface area contributed by atoms with E-state index in [9.17, 15) is 0 Å². The average molecular weight is 221 g/mol. The zero-order valence-electron chi connectivity index (χ0n) is 9.56. The molecule has 1 aromatic heterocycles. The Bertz CT molecular complexity index is 363. The van der Waals surface area contributed by atoms with Crippen molar-refractivity contribution in [3.05, 3.63) is 11.8 Å². The van der Waals surface area contributed by atoms with Crippen molar-refractivity contribution in [3.8, 4) is 0 Å². The van der Waals surface area contributed by atoms with Crippen molar-refractivity contribution in [2.45, 2.75) is 44.4 Å². The second-order valence-electron chi connectivity index (χ2n) is 5.21. The van der Waals surface area contributed by atoms with E-state index < -0.39 is 0 Å². The zero-order valence-corrected chi connectivity index (χ0v) is 9.56. The number of hydrogen-bond acceptors (Lipinski definition) is 4. The van der Waals surface area contributed by atoms with E-state index in [0.29, 0.717) is 12.5 Å². The molecule has 0 aromatic carbocycles. The molecule has 0 radical (unpaired) electrons. The second-order valence-corrected chi connectivity index (χ2v) is 5.21. The number of hydrogen-bond donors (Lipinski definition) is 1. The van der Waals surface area contributed by atoms with Crippen molar-refractivity contribution in [1.82, 2.24) is 10.2 Å². The van der Waals surface area contributed by atoms with Crippen molar-refractivity contribution in [2.75, 3.05) is 6.54 Å². The van der Waals surface area contributed by atoms with Gasteiger partial charge in [0.1, 0.15) is 0 Å². The predicted molar refractivity (Wildman–Crippen MR) is 59.9 cm³/mol. The molecule has 0 spiro atoms. The van der Waals surface area contributed by atoms with Gasteiger partial charge in [0.15, 0.2) is 0 Å². The van der Waals surface area contributed by atoms with Crippen LogP contribution in [0.15, 0.2) is 4.42 Å². The summed E-state index contributed by atoms with van der Waals surface area (Å²) in [7, 11) is 0. The van der Waals surface area contributed by atoms with Crippen molar-refractivity contribution < 1.29 is 4.42 Å². The molecular weight excluding hydrogens is 202 g/mol. The summed E-state index contributed by atoms with van der Waals surface area (Å²) in [4.78, 5) is 0. The Kier molecular flexibility index (Phi) is 2.67. The molecule has 2 fully saturated rings. The molecule has 3 unspecified atom stereocenters. The predicted octanol–water partition coefficient (Wildman–Crippen LogP) is 1.86. The van der Waals surface area contributed by atoms with Crippen LogP contribution in [0, 0.1) is 11.8 Å². The van der Waals surface area contributed by atoms with E-state index >= 15 is 0 Å². The van der Waals surface area contributed by atoms with Crippen molar-refractivity contribution >= 4 is 0 Å². The number of rotatable bonds is 4. The highest BCUT2D eigenvalue weighted by Crippen LogP contribution is 2.52. The Balaban J connectivity index is 1.68. The molecule has 3 atom stereocenters. The van der Waals surface area contributed by atoms with Gasteiger partial charge >= 0.3 is 0 Å². The maximum atomic E-state index is 5.74. The van der Waals surface area contributed by atoms with Crippen LogP contribution in [0.25, 0.3) is 0 Å². The van der Waals surface area contributed by atoms with E-state index in [2.05, 4.69) is 10.2 Å². The third kappa shape index (κ3) is 1.75. The van der Waals surface area contributed by atoms with E-state index in [1.54, 1.807) is 0 Å². The van der Waals surface area contributed by atoms with Gasteiger partial charge in [0.2, 0.25) is 11.8 Å². The zero-order chi connectivity index (χ0) is 11.0. The normalized spacial score (nSPS) is 32.4. The van der Waals surface area contributed by atoms with Gasteiger partial charge in [-0.3, -0.25) is 0 Å². The molecule has 0 saturated heterocycles. The fourth-order valence-electron chi connectivity index (χ4n) is 3.32. The largest absolute Gasteiger partial charge is 0.425 e. The van der Waals surface area contributed by atoms with Crippen molar-refractivity contribution in [1.29, 1.82) is 0 Å². The summed E-state index contributed by atoms with van der Waals surface area (Å²) in [6.07, 6.45) is 7.17. The highest BCUT2D eigenvalue weighted by atomic mass is 16.4. The van der Waals surface area contributed by atoms with Crippen LogP contribution in [-0.2, 0) is 6.42 Å². The molecule has 0 amide bonds. The number of aromatic nitrogens is 2. The van der Waals surface area contributed by atoms with Crippen LogP contribution in [0.4, 0.5) is 0 Å². The lowest BCUT2D eigenvalue weighted by Crippen LogP contribution is -2.08. The molecule has 2 saturated carbocycles. The topological polar surface area (TPSA) is 64.9 Å². The summed E-state index contributed by atoms with van der Waals surface area (Å²) < 4.78 is 5.74. The van der Waals surface area contributed by atoms with Crippen LogP contribution in [0.5, 0.6) is 0 Å². The molecule has 16 heavy (non-hydrogen) atoms. The highest BCUT2D eigenvalue weighted by Gasteiger charge is 2.42. The van der Waals surface area contributed by atoms with Crippen LogP contribution in [0.1, 0.15) is 49.8 Å². The Labute approximate surface area is 95.6 Å². The summed E-state index contributed by atoms with van der Waals surface area (Å²) >= 11 is 0. The minimum atomic E-state index is 0.554. The number of fused-ring (bicyclic) bond motifs is 2. The lowest BCUT2D eigenvalue weighted by Gasteiger charge is -2.17. The Hall–Kier alpha value is -0.900. The van der Waals surface area contributed by atoms with Gasteiger partial charge in [0.05, 0.1) is 0 Å². The molecule has 2 bridgehead atoms. The molecule has 0 aliphatic heterocycles. The fourth-order valence-corrected chi connectivity index (χ4v) is 3.32. The Morgan fingerprint density at radius 3 is 2.88 bits per heavy atom. The summed E-state index contributed by atoms with van der Waals surface area (Å²) in [6.45, 7) is 0.686. The molecule has 3 rings (SSSR count). The minimum Gasteiger partial charge on any atom is -0.425 e. The number of nitrogens with two attached hydrogens (primary N) is 1. The molecule has 4 heteroatoms. The lowest BCUT2D eigenvalue weighted by atomic mass is 9.89. The molecule has 2 N–H and O–H groups in total. The Morgan fingerprint density at radius 2 is 2.19 bits per heavy atom. The Morgan fingerprint density at radius 1 is 1.25 bits per heavy atom. The molecule has 2 aliphatic carbocycles. The maximum absolute atomic E-state index is 5.74. The van der Waals surface area contributed by atoms with Gasteiger partial charge in [-0.1, -0.05) is 6.42 Å². The van der Waals surface area contributed by atoms with E-state index in [0.717, 1.165) is 36.5 Å². The SMILES string of the molecule is NCCCc1nnc(C2CC3CCC2C3)o1. The molecular formula is C12H19N3O. The third-order valence-electron chi connectivity index (χ3n) is 4.13. The van der Waals surface area contributed by atoms with Gasteiger partial charge < -0.3 is 10.2 Å². The average Bonchev–Trinajstić information content (AvgIpc) is 3.01. The van der Waals surface area contributed by atoms with Crippen LogP contribution >= 0.6 is 0 Å². The lowest BCUT2D eigenvalue weighted by molar-refractivity contribution is 0.334. The van der Waals surface area contributed by atoms with Crippen LogP contribution in [0.3, 0.4) is 0 Å². The first-order valence-electron chi connectivity index (χ1n) is 6.39. The third-order valence-corrected chi connectivity index (χ3v) is 4.13. The standard InChI is InChI=1S/C12H19N3O/c13-5-1-2-11-14-15-12(16-11)10-7-8-3-4-9(10)6-8/h8-10H,1-7,13H2. The minimum absolute atomic E-state index is 0.554. The first-order chi connectivity index (χ1) is 7.86. The summed E-state index contributed by atoms with van der Waals surface area (Å²) in [5, 5.41) is 8.32. The summed E-state index contributed by atoms with van der Waals surface area (Å²) in [5.41, 5.74) is 5.46. The summed E-state index contributed by atoms with van der Waals surface area (Å²) in [5.74, 6) is 3.95. The fraction of sp³-hybridized carbons (Fsp3) is 0.833. The van der Waals surface area contributed by atoms with Gasteiger partial charge in [0.25, 0.3) is 0 Å². The first-order valence-corrected chi connectivity index (χ1v) is 6.39. The molecule has 1 aromatic rings. The van der Waals surface area contributed by atoms with Crippen LogP contribution < -0.4 is 5.73 Å². The van der Waals surface area contributed by atoms with Crippen LogP contribution in [0.2, 0.25) is 0 Å². The second kappa shape index (κ2) is 4.17. The quantitative estimate of drug-likeness (QED) is 0.842. The monoisotopic (exact) mass is 221 g/mol. The van der Waals surface area contributed by atoms with Crippen molar-refractivity contribution in [2.24, 2.45) is 17.6 Å². The highest BCUT2D eigenvalue weighted by molar-refractivity contribution is 5.04. The van der Waals surface area contributed by atoms with Gasteiger partial charge in [-0.15, -0.1) is 10.2 Å². The first kappa shape index (κ1) is 10.3. The van der Waals surface area contributed by atoms with Gasteiger partial charge in [-0.25, -0.2) is 0 Å². The molecule has 4 nitrogen and oxygen atoms in total. The van der Waals surface area contributed by atoms with Gasteiger partial charge in [0, 0.05) is 12.3 Å². The van der Waals surface area contributed by atoms with E-state index in [-0.39, 0.29) is 0 Å². The maximum Gasteiger partial charge on any atom is 0.219 e. The van der Waals surface area contributed by atoms with E-state index in [4.69, 9.17) is 10.2 Å². The molecule has 1 heterocycles. The number of nitrogens with zero attached hydrogens (tertiary/aromatic N) is 2. The molecule has 88 valence electrons. The number of aryl methyl sites for hydroxylation is 1. The van der Waals surface area contributed by atoms with Crippen molar-refractivity contribution in [3.63, 3.8) is 0 Å². The molecule has 2 aliphatic rings.